The number of rotatable bonds is 7. The number of guanidine groups is 1. The Morgan fingerprint density at radius 1 is 1.24 bits per heavy atom. The first-order valence-electron chi connectivity index (χ1n) is 9.37. The van der Waals surface area contributed by atoms with Crippen LogP contribution in [0.5, 0.6) is 5.88 Å². The monoisotopic (exact) mass is 511 g/mol. The number of nitrogens with one attached hydrogen (secondary N) is 3. The summed E-state index contributed by atoms with van der Waals surface area (Å²) in [6, 6.07) is 8.62. The number of halogens is 2. The molecule has 156 valence electrons. The van der Waals surface area contributed by atoms with E-state index in [2.05, 4.69) is 25.6 Å². The highest BCUT2D eigenvalue weighted by molar-refractivity contribution is 14.0. The van der Waals surface area contributed by atoms with Gasteiger partial charge in [-0.25, -0.2) is 9.37 Å². The van der Waals surface area contributed by atoms with Crippen LogP contribution in [-0.2, 0) is 13.0 Å². The molecule has 0 spiro atoms. The molecule has 1 aromatic carbocycles. The van der Waals surface area contributed by atoms with Crippen LogP contribution in [0, 0.1) is 5.82 Å². The smallest absolute Gasteiger partial charge is 0.213 e. The highest BCUT2D eigenvalue weighted by Gasteiger charge is 2.06. The van der Waals surface area contributed by atoms with Gasteiger partial charge in [0.2, 0.25) is 5.88 Å². The Balaban J connectivity index is 0.00000300. The molecular weight excluding hydrogens is 484 g/mol. The molecule has 29 heavy (non-hydrogen) atoms. The first kappa shape index (κ1) is 22.9. The van der Waals surface area contributed by atoms with Crippen LogP contribution in [-0.4, -0.2) is 35.6 Å². The highest BCUT2D eigenvalue weighted by atomic mass is 127. The summed E-state index contributed by atoms with van der Waals surface area (Å²) in [5.74, 6) is 1.10. The van der Waals surface area contributed by atoms with E-state index < -0.39 is 0 Å². The number of aromatic nitrogens is 2. The van der Waals surface area contributed by atoms with Crippen molar-refractivity contribution in [3.63, 3.8) is 0 Å². The molecule has 0 unspecified atom stereocenters. The standard InChI is InChI=1S/C21H26FN5O.HI/c1-14(2)28-20-7-4-15(11-26-20)12-27-21(23-3)24-9-8-16-13-25-19-6-5-17(22)10-18(16)19;/h4-7,10-11,13-14,25H,8-9,12H2,1-3H3,(H2,23,24,27);1H. The van der Waals surface area contributed by atoms with Crippen LogP contribution >= 0.6 is 24.0 Å². The van der Waals surface area contributed by atoms with E-state index in [9.17, 15) is 4.39 Å². The number of H-pyrrole nitrogens is 1. The number of pyridine rings is 1. The Hall–Kier alpha value is -2.36. The van der Waals surface area contributed by atoms with Crippen LogP contribution < -0.4 is 15.4 Å². The molecule has 0 bridgehead atoms. The number of benzene rings is 1. The Kier molecular flexibility index (Phi) is 8.69. The maximum atomic E-state index is 13.5. The molecule has 6 nitrogen and oxygen atoms in total. The highest BCUT2D eigenvalue weighted by Crippen LogP contribution is 2.19. The van der Waals surface area contributed by atoms with Crippen molar-refractivity contribution in [3.8, 4) is 5.88 Å². The molecule has 0 aliphatic carbocycles. The third-order valence-electron chi connectivity index (χ3n) is 4.25. The molecule has 3 aromatic rings. The van der Waals surface area contributed by atoms with Crippen molar-refractivity contribution >= 4 is 40.8 Å². The van der Waals surface area contributed by atoms with E-state index >= 15 is 0 Å². The van der Waals surface area contributed by atoms with Crippen LogP contribution in [0.1, 0.15) is 25.0 Å². The minimum Gasteiger partial charge on any atom is -0.475 e. The first-order valence-corrected chi connectivity index (χ1v) is 9.37. The summed E-state index contributed by atoms with van der Waals surface area (Å²) in [6.45, 7) is 5.23. The molecule has 0 aliphatic heterocycles. The van der Waals surface area contributed by atoms with Crippen LogP contribution in [0.15, 0.2) is 47.7 Å². The predicted octanol–water partition coefficient (Wildman–Crippen LogP) is 4.01. The third-order valence-corrected chi connectivity index (χ3v) is 4.25. The van der Waals surface area contributed by atoms with E-state index in [1.807, 2.05) is 32.2 Å². The van der Waals surface area contributed by atoms with Gasteiger partial charge in [0.05, 0.1) is 6.10 Å². The molecule has 0 atom stereocenters. The lowest BCUT2D eigenvalue weighted by molar-refractivity contribution is 0.232. The van der Waals surface area contributed by atoms with Gasteiger partial charge in [-0.2, -0.15) is 0 Å². The topological polar surface area (TPSA) is 74.3 Å². The quantitative estimate of drug-likeness (QED) is 0.255. The number of nitrogens with zero attached hydrogens (tertiary/aromatic N) is 2. The van der Waals surface area contributed by atoms with E-state index in [0.29, 0.717) is 24.9 Å². The molecular formula is C21H27FIN5O. The molecule has 0 saturated carbocycles. The molecule has 3 rings (SSSR count). The van der Waals surface area contributed by atoms with Crippen molar-refractivity contribution in [1.29, 1.82) is 0 Å². The summed E-state index contributed by atoms with van der Waals surface area (Å²) in [5.41, 5.74) is 3.05. The van der Waals surface area contributed by atoms with Gasteiger partial charge in [0.15, 0.2) is 5.96 Å². The summed E-state index contributed by atoms with van der Waals surface area (Å²) in [6.07, 6.45) is 4.58. The van der Waals surface area contributed by atoms with Gasteiger partial charge in [-0.3, -0.25) is 4.99 Å². The van der Waals surface area contributed by atoms with Crippen molar-refractivity contribution in [2.75, 3.05) is 13.6 Å². The van der Waals surface area contributed by atoms with Crippen molar-refractivity contribution in [1.82, 2.24) is 20.6 Å². The minimum atomic E-state index is -0.225. The lowest BCUT2D eigenvalue weighted by Gasteiger charge is -2.12. The summed E-state index contributed by atoms with van der Waals surface area (Å²) < 4.78 is 19.0. The second kappa shape index (κ2) is 11.0. The van der Waals surface area contributed by atoms with Crippen molar-refractivity contribution in [3.05, 3.63) is 59.7 Å². The number of hydrogen-bond donors (Lipinski definition) is 3. The molecule has 3 N–H and O–H groups in total. The zero-order valence-electron chi connectivity index (χ0n) is 16.8. The molecule has 2 heterocycles. The number of fused-ring (bicyclic) bond motifs is 1. The summed E-state index contributed by atoms with van der Waals surface area (Å²) in [7, 11) is 1.73. The van der Waals surface area contributed by atoms with E-state index in [1.54, 1.807) is 25.4 Å². The summed E-state index contributed by atoms with van der Waals surface area (Å²) in [5, 5.41) is 7.46. The Labute approximate surface area is 187 Å². The fourth-order valence-corrected chi connectivity index (χ4v) is 2.91. The average Bonchev–Trinajstić information content (AvgIpc) is 3.07. The molecule has 2 aromatic heterocycles. The average molecular weight is 511 g/mol. The Morgan fingerprint density at radius 3 is 2.76 bits per heavy atom. The van der Waals surface area contributed by atoms with Gasteiger partial charge in [-0.1, -0.05) is 6.07 Å². The van der Waals surface area contributed by atoms with Gasteiger partial charge in [0, 0.05) is 49.5 Å². The summed E-state index contributed by atoms with van der Waals surface area (Å²) >= 11 is 0. The maximum absolute atomic E-state index is 13.5. The Morgan fingerprint density at radius 2 is 2.07 bits per heavy atom. The normalized spacial score (nSPS) is 11.4. The number of aliphatic imine (C=N–C) groups is 1. The zero-order chi connectivity index (χ0) is 19.9. The third kappa shape index (κ3) is 6.59. The summed E-state index contributed by atoms with van der Waals surface area (Å²) in [4.78, 5) is 11.7. The molecule has 0 saturated heterocycles. The molecule has 0 aliphatic rings. The number of hydrogen-bond acceptors (Lipinski definition) is 3. The minimum absolute atomic E-state index is 0. The van der Waals surface area contributed by atoms with Crippen molar-refractivity contribution in [2.24, 2.45) is 4.99 Å². The van der Waals surface area contributed by atoms with Crippen LogP contribution in [0.3, 0.4) is 0 Å². The zero-order valence-corrected chi connectivity index (χ0v) is 19.2. The van der Waals surface area contributed by atoms with Gasteiger partial charge < -0.3 is 20.4 Å². The molecule has 0 fully saturated rings. The van der Waals surface area contributed by atoms with E-state index in [-0.39, 0.29) is 35.9 Å². The van der Waals surface area contributed by atoms with Gasteiger partial charge in [-0.05, 0) is 49.6 Å². The second-order valence-corrected chi connectivity index (χ2v) is 6.78. The number of ether oxygens (including phenoxy) is 1. The molecule has 0 radical (unpaired) electrons. The fraction of sp³-hybridized carbons (Fsp3) is 0.333. The largest absolute Gasteiger partial charge is 0.475 e. The van der Waals surface area contributed by atoms with Gasteiger partial charge >= 0.3 is 0 Å². The van der Waals surface area contributed by atoms with E-state index in [4.69, 9.17) is 4.74 Å². The predicted molar refractivity (Wildman–Crippen MR) is 126 cm³/mol. The molecule has 0 amide bonds. The number of aromatic amines is 1. The van der Waals surface area contributed by atoms with E-state index in [1.165, 1.54) is 6.07 Å². The first-order chi connectivity index (χ1) is 13.5. The fourth-order valence-electron chi connectivity index (χ4n) is 2.91. The second-order valence-electron chi connectivity index (χ2n) is 6.78. The maximum Gasteiger partial charge on any atom is 0.213 e. The van der Waals surface area contributed by atoms with Crippen LogP contribution in [0.2, 0.25) is 0 Å². The molecule has 8 heteroatoms. The SMILES string of the molecule is CN=C(NCCc1c[nH]c2ccc(F)cc12)NCc1ccc(OC(C)C)nc1.I. The van der Waals surface area contributed by atoms with Crippen molar-refractivity contribution < 1.29 is 9.13 Å². The van der Waals surface area contributed by atoms with Gasteiger partial charge in [0.25, 0.3) is 0 Å². The van der Waals surface area contributed by atoms with Gasteiger partial charge in [-0.15, -0.1) is 24.0 Å². The van der Waals surface area contributed by atoms with E-state index in [0.717, 1.165) is 28.5 Å². The lowest BCUT2D eigenvalue weighted by atomic mass is 10.1. The lowest BCUT2D eigenvalue weighted by Crippen LogP contribution is -2.37. The van der Waals surface area contributed by atoms with Crippen LogP contribution in [0.4, 0.5) is 4.39 Å². The Bertz CT molecular complexity index is 940. The van der Waals surface area contributed by atoms with Crippen LogP contribution in [0.25, 0.3) is 10.9 Å². The van der Waals surface area contributed by atoms with Crippen molar-refractivity contribution in [2.45, 2.75) is 32.9 Å². The van der Waals surface area contributed by atoms with Gasteiger partial charge in [0.1, 0.15) is 5.82 Å².